The molecule has 1 heterocycles. The van der Waals surface area contributed by atoms with Gasteiger partial charge in [0.15, 0.2) is 5.17 Å². The number of carbonyl (C=O) groups excluding carboxylic acids is 1. The number of rotatable bonds is 2. The van der Waals surface area contributed by atoms with Gasteiger partial charge in [-0.1, -0.05) is 54.1 Å². The van der Waals surface area contributed by atoms with Crippen LogP contribution in [0.4, 0.5) is 11.4 Å². The fraction of sp³-hybridized carbons (Fsp3) is 0.300. The third kappa shape index (κ3) is 2.86. The lowest BCUT2D eigenvalue weighted by Crippen LogP contribution is -2.43. The molecule has 0 bridgehead atoms. The average Bonchev–Trinajstić information content (AvgIpc) is 2.55. The van der Waals surface area contributed by atoms with Crippen LogP contribution in [-0.2, 0) is 10.5 Å². The molecule has 0 unspecified atom stereocenters. The molecule has 1 saturated carbocycles. The minimum Gasteiger partial charge on any atom is -0.274 e. The van der Waals surface area contributed by atoms with Gasteiger partial charge in [0.05, 0.1) is 11.4 Å². The summed E-state index contributed by atoms with van der Waals surface area (Å²) in [5.74, 6) is 1.21. The summed E-state index contributed by atoms with van der Waals surface area (Å²) in [6.07, 6.45) is 3.16. The Morgan fingerprint density at radius 2 is 1.88 bits per heavy atom. The highest BCUT2D eigenvalue weighted by molar-refractivity contribution is 8.13. The molecule has 1 fully saturated rings. The number of hydrogen-bond donors (Lipinski definition) is 0. The Hall–Kier alpha value is -2.07. The molecule has 1 amide bonds. The molecule has 1 aliphatic heterocycles. The Balaban J connectivity index is 1.74. The molecule has 122 valence electrons. The van der Waals surface area contributed by atoms with Gasteiger partial charge in [-0.3, -0.25) is 9.69 Å². The van der Waals surface area contributed by atoms with E-state index in [1.165, 1.54) is 11.1 Å². The van der Waals surface area contributed by atoms with Crippen molar-refractivity contribution in [2.45, 2.75) is 31.9 Å². The van der Waals surface area contributed by atoms with E-state index in [9.17, 15) is 4.79 Å². The van der Waals surface area contributed by atoms with Crippen LogP contribution >= 0.6 is 11.8 Å². The number of amidine groups is 1. The summed E-state index contributed by atoms with van der Waals surface area (Å²) in [4.78, 5) is 19.7. The summed E-state index contributed by atoms with van der Waals surface area (Å²) in [5, 5.41) is 0.800. The van der Waals surface area contributed by atoms with Crippen molar-refractivity contribution in [3.05, 3.63) is 59.7 Å². The summed E-state index contributed by atoms with van der Waals surface area (Å²) in [7, 11) is 0. The van der Waals surface area contributed by atoms with Gasteiger partial charge in [-0.15, -0.1) is 0 Å². The van der Waals surface area contributed by atoms with Crippen molar-refractivity contribution in [2.24, 2.45) is 10.9 Å². The van der Waals surface area contributed by atoms with Crippen LogP contribution in [0.2, 0.25) is 0 Å². The first-order valence-electron chi connectivity index (χ1n) is 8.42. The van der Waals surface area contributed by atoms with Crippen LogP contribution < -0.4 is 4.90 Å². The fourth-order valence-electron chi connectivity index (χ4n) is 3.02. The summed E-state index contributed by atoms with van der Waals surface area (Å²) >= 11 is 1.65. The minimum atomic E-state index is 0.153. The molecule has 0 radical (unpaired) electrons. The molecule has 0 spiro atoms. The quantitative estimate of drug-likeness (QED) is 0.767. The zero-order valence-electron chi connectivity index (χ0n) is 13.7. The molecule has 4 heteroatoms. The molecular formula is C20H20N2OS. The third-order valence-corrected chi connectivity index (χ3v) is 5.70. The number of amides is 1. The molecule has 2 aliphatic rings. The largest absolute Gasteiger partial charge is 0.274 e. The molecule has 0 N–H and O–H groups in total. The highest BCUT2D eigenvalue weighted by Gasteiger charge is 2.35. The van der Waals surface area contributed by atoms with Gasteiger partial charge >= 0.3 is 0 Å². The maximum Gasteiger partial charge on any atom is 0.236 e. The number of aryl methyl sites for hydroxylation is 1. The second kappa shape index (κ2) is 6.44. The first-order chi connectivity index (χ1) is 11.7. The van der Waals surface area contributed by atoms with Crippen LogP contribution in [-0.4, -0.2) is 11.1 Å². The van der Waals surface area contributed by atoms with E-state index in [4.69, 9.17) is 4.99 Å². The second-order valence-corrected chi connectivity index (χ2v) is 7.39. The summed E-state index contributed by atoms with van der Waals surface area (Å²) < 4.78 is 0. The van der Waals surface area contributed by atoms with Gasteiger partial charge in [-0.25, -0.2) is 4.99 Å². The van der Waals surface area contributed by atoms with Crippen LogP contribution in [0.25, 0.3) is 0 Å². The van der Waals surface area contributed by atoms with Gasteiger partial charge < -0.3 is 0 Å². The Bertz CT molecular complexity index is 794. The number of aliphatic imine (C=N–C) groups is 1. The van der Waals surface area contributed by atoms with Gasteiger partial charge in [-0.2, -0.15) is 0 Å². The third-order valence-electron chi connectivity index (χ3n) is 4.71. The average molecular weight is 336 g/mol. The van der Waals surface area contributed by atoms with Crippen molar-refractivity contribution in [1.29, 1.82) is 0 Å². The number of para-hydroxylation sites is 1. The number of thioether (sulfide) groups is 1. The number of benzene rings is 2. The highest BCUT2D eigenvalue weighted by atomic mass is 32.2. The number of hydrogen-bond acceptors (Lipinski definition) is 3. The van der Waals surface area contributed by atoms with E-state index in [0.717, 1.165) is 41.6 Å². The van der Waals surface area contributed by atoms with E-state index in [-0.39, 0.29) is 11.8 Å². The number of fused-ring (bicyclic) bond motifs is 1. The van der Waals surface area contributed by atoms with E-state index in [2.05, 4.69) is 25.1 Å². The Morgan fingerprint density at radius 3 is 2.58 bits per heavy atom. The monoisotopic (exact) mass is 336 g/mol. The van der Waals surface area contributed by atoms with Crippen molar-refractivity contribution in [2.75, 3.05) is 4.90 Å². The number of anilines is 1. The van der Waals surface area contributed by atoms with Crippen molar-refractivity contribution < 1.29 is 4.79 Å². The molecule has 24 heavy (non-hydrogen) atoms. The maximum absolute atomic E-state index is 13.0. The maximum atomic E-state index is 13.0. The SMILES string of the molecule is Cc1ccc(N=C2SCc3ccccc3N2C(=O)C2CCC2)cc1. The van der Waals surface area contributed by atoms with Crippen LogP contribution in [0.5, 0.6) is 0 Å². The van der Waals surface area contributed by atoms with E-state index >= 15 is 0 Å². The van der Waals surface area contributed by atoms with Gasteiger partial charge in [-0.05, 0) is 43.5 Å². The fourth-order valence-corrected chi connectivity index (χ4v) is 4.04. The van der Waals surface area contributed by atoms with Gasteiger partial charge in [0.25, 0.3) is 0 Å². The highest BCUT2D eigenvalue weighted by Crippen LogP contribution is 2.38. The predicted octanol–water partition coefficient (Wildman–Crippen LogP) is 5.06. The lowest BCUT2D eigenvalue weighted by Gasteiger charge is -2.35. The second-order valence-electron chi connectivity index (χ2n) is 6.45. The molecule has 0 atom stereocenters. The van der Waals surface area contributed by atoms with E-state index in [1.807, 2.05) is 35.2 Å². The van der Waals surface area contributed by atoms with Crippen molar-refractivity contribution in [1.82, 2.24) is 0 Å². The van der Waals surface area contributed by atoms with Gasteiger partial charge in [0.1, 0.15) is 0 Å². The standard InChI is InChI=1S/C20H20N2OS/c1-14-9-11-17(12-10-14)21-20-22(19(23)15-6-4-7-15)18-8-3-2-5-16(18)13-24-20/h2-3,5,8-12,15H,4,6-7,13H2,1H3. The summed E-state index contributed by atoms with van der Waals surface area (Å²) in [6.45, 7) is 2.06. The minimum absolute atomic E-state index is 0.153. The van der Waals surface area contributed by atoms with Crippen LogP contribution in [0.1, 0.15) is 30.4 Å². The predicted molar refractivity (Wildman–Crippen MR) is 101 cm³/mol. The molecule has 2 aromatic carbocycles. The molecule has 1 aliphatic carbocycles. The van der Waals surface area contributed by atoms with Crippen LogP contribution in [0.15, 0.2) is 53.5 Å². The lowest BCUT2D eigenvalue weighted by atomic mass is 9.84. The molecule has 0 aromatic heterocycles. The number of nitrogens with zero attached hydrogens (tertiary/aromatic N) is 2. The number of carbonyl (C=O) groups is 1. The molecule has 4 rings (SSSR count). The molecule has 3 nitrogen and oxygen atoms in total. The Labute approximate surface area is 146 Å². The normalized spacial score (nSPS) is 19.0. The lowest BCUT2D eigenvalue weighted by molar-refractivity contribution is -0.123. The molecular weight excluding hydrogens is 316 g/mol. The van der Waals surface area contributed by atoms with E-state index in [1.54, 1.807) is 11.8 Å². The van der Waals surface area contributed by atoms with Crippen molar-refractivity contribution in [3.63, 3.8) is 0 Å². The van der Waals surface area contributed by atoms with E-state index < -0.39 is 0 Å². The van der Waals surface area contributed by atoms with Crippen LogP contribution in [0.3, 0.4) is 0 Å². The first-order valence-corrected chi connectivity index (χ1v) is 9.41. The smallest absolute Gasteiger partial charge is 0.236 e. The zero-order chi connectivity index (χ0) is 16.5. The molecule has 2 aromatic rings. The van der Waals surface area contributed by atoms with Gasteiger partial charge in [0.2, 0.25) is 5.91 Å². The van der Waals surface area contributed by atoms with Crippen molar-refractivity contribution >= 4 is 34.2 Å². The zero-order valence-corrected chi connectivity index (χ0v) is 14.6. The summed E-state index contributed by atoms with van der Waals surface area (Å²) in [5.41, 5.74) is 4.31. The topological polar surface area (TPSA) is 32.7 Å². The first kappa shape index (κ1) is 15.5. The Kier molecular flexibility index (Phi) is 4.15. The van der Waals surface area contributed by atoms with Crippen molar-refractivity contribution in [3.8, 4) is 0 Å². The summed E-state index contributed by atoms with van der Waals surface area (Å²) in [6, 6.07) is 16.3. The van der Waals surface area contributed by atoms with Crippen LogP contribution in [0, 0.1) is 12.8 Å². The van der Waals surface area contributed by atoms with E-state index in [0.29, 0.717) is 0 Å². The Morgan fingerprint density at radius 1 is 1.12 bits per heavy atom. The molecule has 0 saturated heterocycles. The van der Waals surface area contributed by atoms with Gasteiger partial charge in [0, 0.05) is 11.7 Å².